The third kappa shape index (κ3) is 10.0. The first kappa shape index (κ1) is 23.9. The van der Waals surface area contributed by atoms with Gasteiger partial charge in [-0.05, 0) is 18.9 Å². The van der Waals surface area contributed by atoms with Crippen LogP contribution in [0.15, 0.2) is 4.99 Å². The zero-order chi connectivity index (χ0) is 16.9. The molecular weight excluding hydrogens is 413 g/mol. The second-order valence-electron chi connectivity index (χ2n) is 6.57. The second kappa shape index (κ2) is 15.2. The van der Waals surface area contributed by atoms with Gasteiger partial charge in [-0.1, -0.05) is 40.0 Å². The summed E-state index contributed by atoms with van der Waals surface area (Å²) >= 11 is 0. The molecular formula is C18H40IN5. The molecule has 144 valence electrons. The van der Waals surface area contributed by atoms with Gasteiger partial charge in [0.2, 0.25) is 0 Å². The number of nitrogens with zero attached hydrogens (tertiary/aromatic N) is 3. The summed E-state index contributed by atoms with van der Waals surface area (Å²) in [7, 11) is 1.86. The number of piperazine rings is 1. The van der Waals surface area contributed by atoms with E-state index < -0.39 is 0 Å². The average Bonchev–Trinajstić information content (AvgIpc) is 2.60. The Bertz CT molecular complexity index is 317. The molecule has 0 bridgehead atoms. The minimum atomic E-state index is 0. The van der Waals surface area contributed by atoms with Crippen LogP contribution in [-0.2, 0) is 0 Å². The molecule has 1 unspecified atom stereocenters. The van der Waals surface area contributed by atoms with Crippen LogP contribution in [0.25, 0.3) is 0 Å². The molecule has 0 spiro atoms. The smallest absolute Gasteiger partial charge is 0.191 e. The predicted molar refractivity (Wildman–Crippen MR) is 117 cm³/mol. The number of nitrogens with one attached hydrogen (secondary N) is 2. The Kier molecular flexibility index (Phi) is 15.1. The fourth-order valence-corrected chi connectivity index (χ4v) is 3.07. The van der Waals surface area contributed by atoms with E-state index in [0.29, 0.717) is 0 Å². The zero-order valence-electron chi connectivity index (χ0n) is 16.3. The first-order chi connectivity index (χ1) is 11.2. The molecule has 1 aliphatic heterocycles. The number of hydrogen-bond acceptors (Lipinski definition) is 3. The fourth-order valence-electron chi connectivity index (χ4n) is 3.07. The van der Waals surface area contributed by atoms with E-state index in [1.807, 2.05) is 7.05 Å². The van der Waals surface area contributed by atoms with E-state index in [4.69, 9.17) is 0 Å². The molecule has 0 radical (unpaired) electrons. The Morgan fingerprint density at radius 3 is 2.25 bits per heavy atom. The van der Waals surface area contributed by atoms with Crippen molar-refractivity contribution in [2.24, 2.45) is 10.9 Å². The van der Waals surface area contributed by atoms with Crippen LogP contribution in [0, 0.1) is 5.92 Å². The van der Waals surface area contributed by atoms with Crippen LogP contribution in [0.3, 0.4) is 0 Å². The summed E-state index contributed by atoms with van der Waals surface area (Å²) in [5.74, 6) is 1.71. The first-order valence-electron chi connectivity index (χ1n) is 9.62. The van der Waals surface area contributed by atoms with Gasteiger partial charge in [-0.15, -0.1) is 24.0 Å². The quantitative estimate of drug-likeness (QED) is 0.303. The van der Waals surface area contributed by atoms with Gasteiger partial charge >= 0.3 is 0 Å². The summed E-state index contributed by atoms with van der Waals surface area (Å²) in [5, 5.41) is 6.96. The van der Waals surface area contributed by atoms with Crippen molar-refractivity contribution >= 4 is 29.9 Å². The fraction of sp³-hybridized carbons (Fsp3) is 0.944. The number of unbranched alkanes of at least 4 members (excludes halogenated alkanes) is 1. The minimum absolute atomic E-state index is 0. The summed E-state index contributed by atoms with van der Waals surface area (Å²) in [5.41, 5.74) is 0. The molecule has 0 aromatic rings. The van der Waals surface area contributed by atoms with E-state index in [1.165, 1.54) is 58.4 Å². The lowest BCUT2D eigenvalue weighted by molar-refractivity contribution is 0.139. The molecule has 0 aromatic heterocycles. The highest BCUT2D eigenvalue weighted by atomic mass is 127. The lowest BCUT2D eigenvalue weighted by Gasteiger charge is -2.34. The van der Waals surface area contributed by atoms with Crippen LogP contribution in [0.5, 0.6) is 0 Å². The van der Waals surface area contributed by atoms with E-state index in [0.717, 1.165) is 31.5 Å². The van der Waals surface area contributed by atoms with Crippen molar-refractivity contribution in [3.05, 3.63) is 0 Å². The standard InChI is InChI=1S/C18H39N5.HI/c1-5-8-9-17(6-2)16-21-18(19-4)20-10-11-23-14-12-22(7-3)13-15-23;/h17H,5-16H2,1-4H3,(H2,19,20,21);1H. The maximum absolute atomic E-state index is 4.35. The highest BCUT2D eigenvalue weighted by Gasteiger charge is 2.14. The van der Waals surface area contributed by atoms with Crippen LogP contribution < -0.4 is 10.6 Å². The van der Waals surface area contributed by atoms with Gasteiger partial charge in [0, 0.05) is 52.9 Å². The number of hydrogen-bond donors (Lipinski definition) is 2. The van der Waals surface area contributed by atoms with Gasteiger partial charge in [0.15, 0.2) is 5.96 Å². The summed E-state index contributed by atoms with van der Waals surface area (Å²) < 4.78 is 0. The van der Waals surface area contributed by atoms with Crippen LogP contribution in [0.4, 0.5) is 0 Å². The van der Waals surface area contributed by atoms with E-state index in [2.05, 4.69) is 46.2 Å². The highest BCUT2D eigenvalue weighted by molar-refractivity contribution is 14.0. The highest BCUT2D eigenvalue weighted by Crippen LogP contribution is 2.10. The molecule has 6 heteroatoms. The molecule has 1 rings (SSSR count). The SMILES string of the molecule is CCCCC(CC)CNC(=NC)NCCN1CCN(CC)CC1.I. The van der Waals surface area contributed by atoms with Crippen molar-refractivity contribution in [1.82, 2.24) is 20.4 Å². The monoisotopic (exact) mass is 453 g/mol. The Hall–Kier alpha value is -0.0800. The van der Waals surface area contributed by atoms with Crippen molar-refractivity contribution in [3.8, 4) is 0 Å². The summed E-state index contributed by atoms with van der Waals surface area (Å²) in [6.45, 7) is 15.9. The van der Waals surface area contributed by atoms with Crippen LogP contribution in [0.1, 0.15) is 46.5 Å². The summed E-state index contributed by atoms with van der Waals surface area (Å²) in [6, 6.07) is 0. The number of likely N-dealkylation sites (N-methyl/N-ethyl adjacent to an activating group) is 1. The van der Waals surface area contributed by atoms with E-state index in [-0.39, 0.29) is 24.0 Å². The maximum Gasteiger partial charge on any atom is 0.191 e. The molecule has 0 aromatic carbocycles. The lowest BCUT2D eigenvalue weighted by Crippen LogP contribution is -2.49. The average molecular weight is 453 g/mol. The molecule has 1 atom stereocenters. The number of halogens is 1. The van der Waals surface area contributed by atoms with Crippen LogP contribution in [-0.4, -0.2) is 75.2 Å². The van der Waals surface area contributed by atoms with Crippen LogP contribution in [0.2, 0.25) is 0 Å². The van der Waals surface area contributed by atoms with Crippen molar-refractivity contribution in [3.63, 3.8) is 0 Å². The minimum Gasteiger partial charge on any atom is -0.356 e. The van der Waals surface area contributed by atoms with Crippen molar-refractivity contribution < 1.29 is 0 Å². The second-order valence-corrected chi connectivity index (χ2v) is 6.57. The topological polar surface area (TPSA) is 42.9 Å². The molecule has 24 heavy (non-hydrogen) atoms. The van der Waals surface area contributed by atoms with Crippen molar-refractivity contribution in [2.45, 2.75) is 46.5 Å². The van der Waals surface area contributed by atoms with Gasteiger partial charge < -0.3 is 15.5 Å². The Labute approximate surface area is 167 Å². The number of rotatable bonds is 10. The molecule has 1 saturated heterocycles. The molecule has 0 saturated carbocycles. The van der Waals surface area contributed by atoms with E-state index in [1.54, 1.807) is 0 Å². The zero-order valence-corrected chi connectivity index (χ0v) is 18.6. The largest absolute Gasteiger partial charge is 0.356 e. The van der Waals surface area contributed by atoms with Gasteiger partial charge in [0.05, 0.1) is 0 Å². The van der Waals surface area contributed by atoms with Gasteiger partial charge in [-0.3, -0.25) is 9.89 Å². The van der Waals surface area contributed by atoms with Gasteiger partial charge in [0.25, 0.3) is 0 Å². The Morgan fingerprint density at radius 2 is 1.71 bits per heavy atom. The Balaban J connectivity index is 0.00000529. The van der Waals surface area contributed by atoms with Gasteiger partial charge in [-0.2, -0.15) is 0 Å². The summed E-state index contributed by atoms with van der Waals surface area (Å²) in [6.07, 6.45) is 5.18. The van der Waals surface area contributed by atoms with Crippen molar-refractivity contribution in [1.29, 1.82) is 0 Å². The van der Waals surface area contributed by atoms with Crippen LogP contribution >= 0.6 is 24.0 Å². The molecule has 1 aliphatic rings. The maximum atomic E-state index is 4.35. The molecule has 1 heterocycles. The molecule has 2 N–H and O–H groups in total. The molecule has 1 fully saturated rings. The van der Waals surface area contributed by atoms with Crippen molar-refractivity contribution in [2.75, 3.05) is 59.4 Å². The number of guanidine groups is 1. The Morgan fingerprint density at radius 1 is 1.04 bits per heavy atom. The van der Waals surface area contributed by atoms with Gasteiger partial charge in [-0.25, -0.2) is 0 Å². The number of aliphatic imine (C=N–C) groups is 1. The molecule has 0 amide bonds. The summed E-state index contributed by atoms with van der Waals surface area (Å²) in [4.78, 5) is 9.41. The van der Waals surface area contributed by atoms with E-state index in [9.17, 15) is 0 Å². The third-order valence-electron chi connectivity index (χ3n) is 4.96. The molecule has 5 nitrogen and oxygen atoms in total. The third-order valence-corrected chi connectivity index (χ3v) is 4.96. The lowest BCUT2D eigenvalue weighted by atomic mass is 9.99. The predicted octanol–water partition coefficient (Wildman–Crippen LogP) is 2.62. The normalized spacial score (nSPS) is 18.1. The van der Waals surface area contributed by atoms with Gasteiger partial charge in [0.1, 0.15) is 0 Å². The van der Waals surface area contributed by atoms with E-state index >= 15 is 0 Å². The molecule has 0 aliphatic carbocycles. The first-order valence-corrected chi connectivity index (χ1v) is 9.62.